The number of rotatable bonds is 11. The predicted molar refractivity (Wildman–Crippen MR) is 108 cm³/mol. The fraction of sp³-hybridized carbons (Fsp3) is 0.400. The van der Waals surface area contributed by atoms with Gasteiger partial charge >= 0.3 is 0 Å². The summed E-state index contributed by atoms with van der Waals surface area (Å²) < 4.78 is 10.8. The van der Waals surface area contributed by atoms with Gasteiger partial charge in [0.05, 0.1) is 25.5 Å². The quantitative estimate of drug-likeness (QED) is 0.252. The van der Waals surface area contributed by atoms with Crippen molar-refractivity contribution in [3.05, 3.63) is 47.5 Å². The first-order chi connectivity index (χ1) is 13.5. The minimum Gasteiger partial charge on any atom is -0.504 e. The van der Waals surface area contributed by atoms with Crippen LogP contribution in [0.3, 0.4) is 0 Å². The van der Waals surface area contributed by atoms with E-state index in [1.807, 2.05) is 13.8 Å². The van der Waals surface area contributed by atoms with Gasteiger partial charge in [-0.3, -0.25) is 10.6 Å². The Morgan fingerprint density at radius 3 is 1.54 bits per heavy atom. The van der Waals surface area contributed by atoms with Crippen LogP contribution >= 0.6 is 0 Å². The Labute approximate surface area is 165 Å². The highest BCUT2D eigenvalue weighted by Crippen LogP contribution is 2.33. The van der Waals surface area contributed by atoms with E-state index in [1.165, 1.54) is 0 Å². The molecule has 0 spiro atoms. The predicted octanol–water partition coefficient (Wildman–Crippen LogP) is 1.69. The number of nitrogens with two attached hydrogens (primary N) is 2. The molecule has 0 aromatic heterocycles. The first kappa shape index (κ1) is 21.8. The van der Waals surface area contributed by atoms with E-state index in [0.717, 1.165) is 0 Å². The number of nitrogens with one attached hydrogen (secondary N) is 2. The van der Waals surface area contributed by atoms with Crippen LogP contribution in [0.1, 0.15) is 37.3 Å². The highest BCUT2D eigenvalue weighted by molar-refractivity contribution is 5.47. The summed E-state index contributed by atoms with van der Waals surface area (Å²) in [6.45, 7) is 5.61. The van der Waals surface area contributed by atoms with Crippen molar-refractivity contribution in [1.82, 2.24) is 10.6 Å². The van der Waals surface area contributed by atoms with E-state index in [2.05, 4.69) is 10.6 Å². The molecule has 0 aliphatic heterocycles. The monoisotopic (exact) mass is 390 g/mol. The fourth-order valence-electron chi connectivity index (χ4n) is 2.80. The summed E-state index contributed by atoms with van der Waals surface area (Å²) in [6.07, 6.45) is -1.12. The Morgan fingerprint density at radius 2 is 1.18 bits per heavy atom. The van der Waals surface area contributed by atoms with Crippen LogP contribution in [0, 0.1) is 0 Å². The van der Waals surface area contributed by atoms with Gasteiger partial charge in [0.15, 0.2) is 23.0 Å². The molecule has 8 nitrogen and oxygen atoms in total. The maximum absolute atomic E-state index is 10.3. The van der Waals surface area contributed by atoms with Crippen LogP contribution < -0.4 is 31.6 Å². The summed E-state index contributed by atoms with van der Waals surface area (Å²) in [5, 5.41) is 26.8. The maximum Gasteiger partial charge on any atom is 0.163 e. The maximum atomic E-state index is 10.3. The number of ether oxygens (including phenoxy) is 2. The highest BCUT2D eigenvalue weighted by Gasteiger charge is 2.16. The summed E-state index contributed by atoms with van der Waals surface area (Å²) >= 11 is 0. The standard InChI is InChI=1S/C20H30N4O4/c1-3-27-15-9-5-7-13(17(15)25)19(21)23-11-12-24-20(22)14-8-6-10-16(18(14)26)28-4-2/h5-10,19-20,23-26H,3-4,11-12,21-22H2,1-2H3. The SMILES string of the molecule is CCOc1cccc(C(N)NCCNC(N)c2cccc(OCC)c2O)c1O. The summed E-state index contributed by atoms with van der Waals surface area (Å²) in [6, 6.07) is 10.4. The highest BCUT2D eigenvalue weighted by atomic mass is 16.5. The number of benzene rings is 2. The van der Waals surface area contributed by atoms with Gasteiger partial charge in [0.25, 0.3) is 0 Å². The third-order valence-electron chi connectivity index (χ3n) is 4.18. The van der Waals surface area contributed by atoms with Crippen molar-refractivity contribution in [3.63, 3.8) is 0 Å². The fourth-order valence-corrected chi connectivity index (χ4v) is 2.80. The van der Waals surface area contributed by atoms with Gasteiger partial charge < -0.3 is 31.2 Å². The van der Waals surface area contributed by atoms with E-state index in [-0.39, 0.29) is 11.5 Å². The lowest BCUT2D eigenvalue weighted by atomic mass is 10.1. The first-order valence-corrected chi connectivity index (χ1v) is 9.36. The molecule has 0 bridgehead atoms. The van der Waals surface area contributed by atoms with E-state index in [1.54, 1.807) is 36.4 Å². The van der Waals surface area contributed by atoms with Gasteiger partial charge in [0, 0.05) is 24.2 Å². The lowest BCUT2D eigenvalue weighted by Crippen LogP contribution is -2.38. The number of hydrogen-bond acceptors (Lipinski definition) is 8. The second-order valence-electron chi connectivity index (χ2n) is 6.12. The molecule has 2 aromatic rings. The molecule has 0 heterocycles. The van der Waals surface area contributed by atoms with Crippen molar-refractivity contribution in [2.24, 2.45) is 11.5 Å². The molecule has 0 saturated heterocycles. The molecule has 2 atom stereocenters. The van der Waals surface area contributed by atoms with E-state index in [4.69, 9.17) is 20.9 Å². The van der Waals surface area contributed by atoms with Crippen LogP contribution in [0.15, 0.2) is 36.4 Å². The van der Waals surface area contributed by atoms with Gasteiger partial charge in [-0.15, -0.1) is 0 Å². The Hall–Kier alpha value is -2.52. The van der Waals surface area contributed by atoms with Crippen molar-refractivity contribution in [2.75, 3.05) is 26.3 Å². The van der Waals surface area contributed by atoms with Crippen LogP contribution in [0.2, 0.25) is 0 Å². The summed E-state index contributed by atoms with van der Waals surface area (Å²) in [7, 11) is 0. The minimum atomic E-state index is -0.562. The third-order valence-corrected chi connectivity index (χ3v) is 4.18. The Bertz CT molecular complexity index is 693. The molecular weight excluding hydrogens is 360 g/mol. The van der Waals surface area contributed by atoms with E-state index in [9.17, 15) is 10.2 Å². The number of hydrogen-bond donors (Lipinski definition) is 6. The van der Waals surface area contributed by atoms with Crippen LogP contribution in [0.5, 0.6) is 23.0 Å². The van der Waals surface area contributed by atoms with Crippen molar-refractivity contribution in [3.8, 4) is 23.0 Å². The molecule has 0 saturated carbocycles. The second-order valence-corrected chi connectivity index (χ2v) is 6.12. The van der Waals surface area contributed by atoms with Gasteiger partial charge in [-0.2, -0.15) is 0 Å². The molecular formula is C20H30N4O4. The first-order valence-electron chi connectivity index (χ1n) is 9.36. The lowest BCUT2D eigenvalue weighted by molar-refractivity contribution is 0.314. The van der Waals surface area contributed by atoms with E-state index in [0.29, 0.717) is 48.9 Å². The Kier molecular flexibility index (Phi) is 8.34. The molecule has 0 radical (unpaired) electrons. The smallest absolute Gasteiger partial charge is 0.163 e. The topological polar surface area (TPSA) is 135 Å². The Balaban J connectivity index is 1.87. The molecule has 154 valence electrons. The van der Waals surface area contributed by atoms with Crippen molar-refractivity contribution < 1.29 is 19.7 Å². The zero-order valence-electron chi connectivity index (χ0n) is 16.3. The molecule has 0 aliphatic carbocycles. The van der Waals surface area contributed by atoms with E-state index >= 15 is 0 Å². The molecule has 28 heavy (non-hydrogen) atoms. The van der Waals surface area contributed by atoms with Gasteiger partial charge in [-0.1, -0.05) is 24.3 Å². The number of phenolic OH excluding ortho intramolecular Hbond substituents is 2. The van der Waals surface area contributed by atoms with Crippen molar-refractivity contribution in [2.45, 2.75) is 26.2 Å². The molecule has 2 rings (SSSR count). The third kappa shape index (κ3) is 5.49. The normalized spacial score (nSPS) is 13.1. The molecule has 8 heteroatoms. The second kappa shape index (κ2) is 10.7. The molecule has 8 N–H and O–H groups in total. The average molecular weight is 390 g/mol. The van der Waals surface area contributed by atoms with E-state index < -0.39 is 12.3 Å². The van der Waals surface area contributed by atoms with Gasteiger partial charge in [-0.05, 0) is 26.0 Å². The van der Waals surface area contributed by atoms with Crippen LogP contribution in [0.4, 0.5) is 0 Å². The zero-order valence-corrected chi connectivity index (χ0v) is 16.3. The number of aromatic hydroxyl groups is 2. The lowest BCUT2D eigenvalue weighted by Gasteiger charge is -2.20. The van der Waals surface area contributed by atoms with Gasteiger partial charge in [-0.25, -0.2) is 0 Å². The molecule has 0 aliphatic rings. The van der Waals surface area contributed by atoms with Crippen molar-refractivity contribution in [1.29, 1.82) is 0 Å². The summed E-state index contributed by atoms with van der Waals surface area (Å²) in [5.74, 6) is 0.877. The minimum absolute atomic E-state index is 0.0340. The summed E-state index contributed by atoms with van der Waals surface area (Å²) in [4.78, 5) is 0. The number of para-hydroxylation sites is 2. The van der Waals surface area contributed by atoms with Gasteiger partial charge in [0.2, 0.25) is 0 Å². The molecule has 2 unspecified atom stereocenters. The average Bonchev–Trinajstić information content (AvgIpc) is 2.68. The van der Waals surface area contributed by atoms with Crippen molar-refractivity contribution >= 4 is 0 Å². The number of phenols is 2. The molecule has 0 amide bonds. The van der Waals surface area contributed by atoms with Crippen LogP contribution in [-0.2, 0) is 0 Å². The largest absolute Gasteiger partial charge is 0.504 e. The van der Waals surface area contributed by atoms with Crippen LogP contribution in [0.25, 0.3) is 0 Å². The Morgan fingerprint density at radius 1 is 0.786 bits per heavy atom. The van der Waals surface area contributed by atoms with Gasteiger partial charge in [0.1, 0.15) is 0 Å². The molecule has 2 aromatic carbocycles. The summed E-state index contributed by atoms with van der Waals surface area (Å²) in [5.41, 5.74) is 13.4. The zero-order chi connectivity index (χ0) is 20.5. The molecule has 0 fully saturated rings. The van der Waals surface area contributed by atoms with Crippen LogP contribution in [-0.4, -0.2) is 36.5 Å².